The molecule has 1 heterocycles. The van der Waals surface area contributed by atoms with Gasteiger partial charge in [-0.15, -0.1) is 0 Å². The van der Waals surface area contributed by atoms with Gasteiger partial charge in [0.2, 0.25) is 0 Å². The molecular formula is C20H24N4. The predicted molar refractivity (Wildman–Crippen MR) is 99.5 cm³/mol. The molecule has 4 nitrogen and oxygen atoms in total. The van der Waals surface area contributed by atoms with Crippen molar-refractivity contribution in [3.8, 4) is 6.07 Å². The van der Waals surface area contributed by atoms with E-state index in [4.69, 9.17) is 0 Å². The van der Waals surface area contributed by atoms with Gasteiger partial charge in [-0.1, -0.05) is 30.3 Å². The van der Waals surface area contributed by atoms with Crippen molar-refractivity contribution in [1.82, 2.24) is 4.90 Å². The Hall–Kier alpha value is -2.51. The number of hydrogen-bond donors (Lipinski definition) is 1. The molecule has 0 spiro atoms. The summed E-state index contributed by atoms with van der Waals surface area (Å²) in [5, 5.41) is 12.8. The van der Waals surface area contributed by atoms with Crippen LogP contribution in [-0.2, 0) is 6.42 Å². The molecule has 2 aromatic rings. The van der Waals surface area contributed by atoms with Crippen LogP contribution in [0.25, 0.3) is 0 Å². The van der Waals surface area contributed by atoms with Crippen LogP contribution >= 0.6 is 0 Å². The highest BCUT2D eigenvalue weighted by atomic mass is 15.2. The van der Waals surface area contributed by atoms with Crippen molar-refractivity contribution >= 4 is 11.4 Å². The van der Waals surface area contributed by atoms with Gasteiger partial charge in [-0.3, -0.25) is 0 Å². The highest BCUT2D eigenvalue weighted by Gasteiger charge is 2.15. The number of hydrogen-bond acceptors (Lipinski definition) is 4. The molecule has 0 atom stereocenters. The Kier molecular flexibility index (Phi) is 5.35. The summed E-state index contributed by atoms with van der Waals surface area (Å²) >= 11 is 0. The average Bonchev–Trinajstić information content (AvgIpc) is 2.63. The van der Waals surface area contributed by atoms with Crippen LogP contribution in [0.5, 0.6) is 0 Å². The summed E-state index contributed by atoms with van der Waals surface area (Å²) in [6, 6.07) is 18.8. The molecule has 4 heteroatoms. The smallest absolute Gasteiger partial charge is 0.101 e. The molecule has 0 unspecified atom stereocenters. The van der Waals surface area contributed by atoms with Crippen LogP contribution in [0.15, 0.2) is 48.5 Å². The third kappa shape index (κ3) is 4.06. The van der Waals surface area contributed by atoms with Crippen molar-refractivity contribution in [3.63, 3.8) is 0 Å². The van der Waals surface area contributed by atoms with E-state index >= 15 is 0 Å². The van der Waals surface area contributed by atoms with Gasteiger partial charge in [0.25, 0.3) is 0 Å². The predicted octanol–water partition coefficient (Wildman–Crippen LogP) is 2.96. The zero-order valence-corrected chi connectivity index (χ0v) is 14.2. The van der Waals surface area contributed by atoms with E-state index in [2.05, 4.69) is 64.6 Å². The second-order valence-corrected chi connectivity index (χ2v) is 6.29. The fraction of sp³-hybridized carbons (Fsp3) is 0.350. The fourth-order valence-electron chi connectivity index (χ4n) is 3.02. The Morgan fingerprint density at radius 3 is 2.50 bits per heavy atom. The van der Waals surface area contributed by atoms with Gasteiger partial charge in [-0.05, 0) is 37.2 Å². The molecule has 1 N–H and O–H groups in total. The minimum absolute atomic E-state index is 0.709. The monoisotopic (exact) mass is 320 g/mol. The van der Waals surface area contributed by atoms with Gasteiger partial charge in [0.15, 0.2) is 0 Å². The lowest BCUT2D eigenvalue weighted by atomic mass is 10.1. The summed E-state index contributed by atoms with van der Waals surface area (Å²) in [6.07, 6.45) is 0.949. The zero-order chi connectivity index (χ0) is 16.8. The number of anilines is 2. The molecule has 0 saturated carbocycles. The summed E-state index contributed by atoms with van der Waals surface area (Å²) in [7, 11) is 2.16. The summed E-state index contributed by atoms with van der Waals surface area (Å²) in [5.41, 5.74) is 4.15. The second-order valence-electron chi connectivity index (χ2n) is 6.29. The normalized spacial score (nSPS) is 15.1. The van der Waals surface area contributed by atoms with Crippen LogP contribution in [0, 0.1) is 11.3 Å². The van der Waals surface area contributed by atoms with Crippen molar-refractivity contribution < 1.29 is 0 Å². The van der Waals surface area contributed by atoms with Crippen LogP contribution in [0.3, 0.4) is 0 Å². The molecule has 24 heavy (non-hydrogen) atoms. The minimum Gasteiger partial charge on any atom is -0.384 e. The molecule has 0 aromatic heterocycles. The number of nitrogens with zero attached hydrogens (tertiary/aromatic N) is 3. The second kappa shape index (κ2) is 7.85. The van der Waals surface area contributed by atoms with Crippen LogP contribution in [0.2, 0.25) is 0 Å². The van der Waals surface area contributed by atoms with Crippen LogP contribution in [0.1, 0.15) is 11.1 Å². The van der Waals surface area contributed by atoms with Gasteiger partial charge in [0, 0.05) is 38.4 Å². The van der Waals surface area contributed by atoms with E-state index in [1.807, 2.05) is 12.1 Å². The summed E-state index contributed by atoms with van der Waals surface area (Å²) in [5.74, 6) is 0. The molecule has 1 fully saturated rings. The zero-order valence-electron chi connectivity index (χ0n) is 14.2. The lowest BCUT2D eigenvalue weighted by Gasteiger charge is -2.34. The number of nitrogens with one attached hydrogen (secondary N) is 1. The Morgan fingerprint density at radius 1 is 1.04 bits per heavy atom. The van der Waals surface area contributed by atoms with E-state index < -0.39 is 0 Å². The van der Waals surface area contributed by atoms with Crippen molar-refractivity contribution in [1.29, 1.82) is 5.26 Å². The first-order valence-corrected chi connectivity index (χ1v) is 8.52. The maximum absolute atomic E-state index is 9.36. The highest BCUT2D eigenvalue weighted by Crippen LogP contribution is 2.24. The molecule has 124 valence electrons. The number of benzene rings is 2. The molecule has 2 aromatic carbocycles. The summed E-state index contributed by atoms with van der Waals surface area (Å²) in [4.78, 5) is 4.74. The van der Waals surface area contributed by atoms with Gasteiger partial charge < -0.3 is 15.1 Å². The third-order valence-corrected chi connectivity index (χ3v) is 4.56. The molecule has 1 saturated heterocycles. The first-order chi connectivity index (χ1) is 11.8. The standard InChI is InChI=1S/C20H24N4/c1-23-11-13-24(14-12-23)19-8-7-18(16-21)20(15-19)22-10-9-17-5-3-2-4-6-17/h2-8,15,22H,9-14H2,1H3. The van der Waals surface area contributed by atoms with Gasteiger partial charge in [-0.25, -0.2) is 0 Å². The molecule has 1 aliphatic rings. The number of nitriles is 1. The van der Waals surface area contributed by atoms with E-state index in [1.165, 1.54) is 11.3 Å². The van der Waals surface area contributed by atoms with Crippen molar-refractivity contribution in [2.75, 3.05) is 50.0 Å². The van der Waals surface area contributed by atoms with Gasteiger partial charge in [-0.2, -0.15) is 5.26 Å². The van der Waals surface area contributed by atoms with Gasteiger partial charge in [0.1, 0.15) is 6.07 Å². The number of likely N-dealkylation sites (N-methyl/N-ethyl adjacent to an activating group) is 1. The summed E-state index contributed by atoms with van der Waals surface area (Å²) < 4.78 is 0. The molecule has 0 bridgehead atoms. The average molecular weight is 320 g/mol. The Bertz CT molecular complexity index is 697. The minimum atomic E-state index is 0.709. The maximum Gasteiger partial charge on any atom is 0.101 e. The number of rotatable bonds is 5. The summed E-state index contributed by atoms with van der Waals surface area (Å²) in [6.45, 7) is 5.05. The van der Waals surface area contributed by atoms with Crippen molar-refractivity contribution in [2.24, 2.45) is 0 Å². The molecule has 0 radical (unpaired) electrons. The van der Waals surface area contributed by atoms with Gasteiger partial charge in [0.05, 0.1) is 11.3 Å². The highest BCUT2D eigenvalue weighted by molar-refractivity contribution is 5.66. The third-order valence-electron chi connectivity index (χ3n) is 4.56. The molecule has 0 aliphatic carbocycles. The van der Waals surface area contributed by atoms with Crippen LogP contribution < -0.4 is 10.2 Å². The van der Waals surface area contributed by atoms with Crippen LogP contribution in [0.4, 0.5) is 11.4 Å². The Labute approximate surface area is 144 Å². The lowest BCUT2D eigenvalue weighted by Crippen LogP contribution is -2.44. The van der Waals surface area contributed by atoms with E-state index in [0.717, 1.165) is 44.8 Å². The topological polar surface area (TPSA) is 42.3 Å². The SMILES string of the molecule is CN1CCN(c2ccc(C#N)c(NCCc3ccccc3)c2)CC1. The Balaban J connectivity index is 1.67. The van der Waals surface area contributed by atoms with Gasteiger partial charge >= 0.3 is 0 Å². The quantitative estimate of drug-likeness (QED) is 0.920. The van der Waals surface area contributed by atoms with E-state index in [1.54, 1.807) is 0 Å². The largest absolute Gasteiger partial charge is 0.384 e. The van der Waals surface area contributed by atoms with Crippen molar-refractivity contribution in [3.05, 3.63) is 59.7 Å². The fourth-order valence-corrected chi connectivity index (χ4v) is 3.02. The molecular weight excluding hydrogens is 296 g/mol. The van der Waals surface area contributed by atoms with Crippen LogP contribution in [-0.4, -0.2) is 44.7 Å². The first kappa shape index (κ1) is 16.4. The maximum atomic E-state index is 9.36. The molecule has 1 aliphatic heterocycles. The Morgan fingerprint density at radius 2 is 1.79 bits per heavy atom. The van der Waals surface area contributed by atoms with Crippen molar-refractivity contribution in [2.45, 2.75) is 6.42 Å². The first-order valence-electron chi connectivity index (χ1n) is 8.52. The number of piperazine rings is 1. The van der Waals surface area contributed by atoms with E-state index in [-0.39, 0.29) is 0 Å². The lowest BCUT2D eigenvalue weighted by molar-refractivity contribution is 0.313. The van der Waals surface area contributed by atoms with E-state index in [9.17, 15) is 5.26 Å². The molecule has 0 amide bonds. The van der Waals surface area contributed by atoms with E-state index in [0.29, 0.717) is 5.56 Å². The molecule has 3 rings (SSSR count).